The fourth-order valence-electron chi connectivity index (χ4n) is 3.66. The molecule has 3 unspecified atom stereocenters. The van der Waals surface area contributed by atoms with Gasteiger partial charge in [-0.05, 0) is 42.7 Å². The van der Waals surface area contributed by atoms with Crippen LogP contribution >= 0.6 is 0 Å². The standard InChI is InChI=1S/C30H39N5O9/c1-18(2)27(35-25(37)15-32-30(41)44-16-20-10-12-21(31)13-11-20)29(40)33-19(3)28(39)34-23(14-26(38)42-4)24(36)17-43-22-8-6-5-7-9-22/h5-13,18-19,23,27H,14-17,31H2,1-4H3,(H,32,41)(H,33,40)(H,34,39)(H,35,37). The molecule has 238 valence electrons. The van der Waals surface area contributed by atoms with E-state index in [1.807, 2.05) is 0 Å². The van der Waals surface area contributed by atoms with Crippen LogP contribution in [0.1, 0.15) is 32.8 Å². The number of nitrogens with one attached hydrogen (secondary N) is 4. The number of Topliss-reactive ketones (excluding diaryl/α,β-unsaturated/α-hetero) is 1. The second-order valence-corrected chi connectivity index (χ2v) is 10.1. The minimum atomic E-state index is -1.27. The van der Waals surface area contributed by atoms with Gasteiger partial charge in [0, 0.05) is 5.69 Å². The van der Waals surface area contributed by atoms with Crippen molar-refractivity contribution in [3.8, 4) is 5.75 Å². The van der Waals surface area contributed by atoms with E-state index >= 15 is 0 Å². The lowest BCUT2D eigenvalue weighted by Crippen LogP contribution is -2.57. The predicted molar refractivity (Wildman–Crippen MR) is 159 cm³/mol. The van der Waals surface area contributed by atoms with Gasteiger partial charge >= 0.3 is 12.1 Å². The molecule has 4 amide bonds. The third kappa shape index (κ3) is 12.4. The quantitative estimate of drug-likeness (QED) is 0.133. The largest absolute Gasteiger partial charge is 0.486 e. The molecule has 3 atom stereocenters. The summed E-state index contributed by atoms with van der Waals surface area (Å²) in [6.07, 6.45) is -1.28. The van der Waals surface area contributed by atoms with E-state index in [1.165, 1.54) is 6.92 Å². The number of nitrogens with two attached hydrogens (primary N) is 1. The first-order chi connectivity index (χ1) is 20.9. The van der Waals surface area contributed by atoms with Gasteiger partial charge in [-0.2, -0.15) is 0 Å². The summed E-state index contributed by atoms with van der Waals surface area (Å²) in [4.78, 5) is 75.0. The van der Waals surface area contributed by atoms with Crippen molar-refractivity contribution in [1.29, 1.82) is 0 Å². The van der Waals surface area contributed by atoms with Crippen molar-refractivity contribution in [3.05, 3.63) is 60.2 Å². The zero-order valence-corrected chi connectivity index (χ0v) is 25.1. The van der Waals surface area contributed by atoms with Crippen molar-refractivity contribution < 1.29 is 43.0 Å². The number of para-hydroxylation sites is 1. The Morgan fingerprint density at radius 2 is 1.50 bits per heavy atom. The molecule has 2 rings (SSSR count). The van der Waals surface area contributed by atoms with Crippen LogP contribution < -0.4 is 31.7 Å². The highest BCUT2D eigenvalue weighted by atomic mass is 16.5. The highest BCUT2D eigenvalue weighted by Gasteiger charge is 2.30. The predicted octanol–water partition coefficient (Wildman–Crippen LogP) is 0.837. The van der Waals surface area contributed by atoms with E-state index in [9.17, 15) is 28.8 Å². The number of carbonyl (C=O) groups excluding carboxylic acids is 6. The van der Waals surface area contributed by atoms with E-state index in [-0.39, 0.29) is 6.61 Å². The number of ether oxygens (including phenoxy) is 3. The smallest absolute Gasteiger partial charge is 0.407 e. The van der Waals surface area contributed by atoms with Gasteiger partial charge in [-0.25, -0.2) is 4.79 Å². The van der Waals surface area contributed by atoms with Crippen molar-refractivity contribution in [2.24, 2.45) is 5.92 Å². The molecule has 0 aromatic heterocycles. The zero-order chi connectivity index (χ0) is 32.6. The molecule has 0 bridgehead atoms. The molecular formula is C30H39N5O9. The number of amides is 4. The number of esters is 1. The Morgan fingerprint density at radius 1 is 0.841 bits per heavy atom. The number of methoxy groups -OCH3 is 1. The summed E-state index contributed by atoms with van der Waals surface area (Å²) in [5, 5.41) is 9.78. The van der Waals surface area contributed by atoms with E-state index in [0.717, 1.165) is 7.11 Å². The first-order valence-corrected chi connectivity index (χ1v) is 13.8. The number of nitrogen functional groups attached to an aromatic ring is 1. The van der Waals surface area contributed by atoms with Crippen LogP contribution in [-0.2, 0) is 40.1 Å². The van der Waals surface area contributed by atoms with Crippen molar-refractivity contribution in [3.63, 3.8) is 0 Å². The minimum absolute atomic E-state index is 0.0309. The lowest BCUT2D eigenvalue weighted by atomic mass is 10.0. The number of benzene rings is 2. The molecule has 14 heteroatoms. The van der Waals surface area contributed by atoms with Crippen LogP contribution in [0.2, 0.25) is 0 Å². The van der Waals surface area contributed by atoms with Gasteiger partial charge in [0.05, 0.1) is 13.5 Å². The Kier molecular flexibility index (Phi) is 14.1. The highest BCUT2D eigenvalue weighted by molar-refractivity contribution is 5.96. The second-order valence-electron chi connectivity index (χ2n) is 10.1. The maximum absolute atomic E-state index is 13.0. The SMILES string of the molecule is COC(=O)CC(NC(=O)C(C)NC(=O)C(NC(=O)CNC(=O)OCc1ccc(N)cc1)C(C)C)C(=O)COc1ccccc1. The summed E-state index contributed by atoms with van der Waals surface area (Å²) in [6.45, 7) is 3.83. The van der Waals surface area contributed by atoms with Gasteiger partial charge in [0.25, 0.3) is 0 Å². The van der Waals surface area contributed by atoms with Gasteiger partial charge < -0.3 is 41.2 Å². The Bertz CT molecular complexity index is 1290. The molecule has 0 heterocycles. The highest BCUT2D eigenvalue weighted by Crippen LogP contribution is 2.10. The number of ketones is 1. The van der Waals surface area contributed by atoms with Gasteiger partial charge in [0.1, 0.15) is 43.6 Å². The van der Waals surface area contributed by atoms with E-state index in [2.05, 4.69) is 26.0 Å². The molecule has 0 saturated carbocycles. The average Bonchev–Trinajstić information content (AvgIpc) is 3.00. The number of carbonyl (C=O) groups is 6. The van der Waals surface area contributed by atoms with Crippen LogP contribution in [0.15, 0.2) is 54.6 Å². The molecule has 6 N–H and O–H groups in total. The van der Waals surface area contributed by atoms with Crippen molar-refractivity contribution >= 4 is 41.3 Å². The summed E-state index contributed by atoms with van der Waals surface area (Å²) in [7, 11) is 1.15. The number of alkyl carbamates (subject to hydrolysis) is 1. The van der Waals surface area contributed by atoms with Gasteiger partial charge in [0.15, 0.2) is 5.78 Å². The second kappa shape index (κ2) is 17.7. The van der Waals surface area contributed by atoms with Gasteiger partial charge in [-0.3, -0.25) is 24.0 Å². The number of hydrogen-bond acceptors (Lipinski definition) is 10. The Labute approximate surface area is 255 Å². The monoisotopic (exact) mass is 613 g/mol. The van der Waals surface area contributed by atoms with Gasteiger partial charge in [-0.1, -0.05) is 44.2 Å². The Hall–Kier alpha value is -5.14. The Morgan fingerprint density at radius 3 is 2.11 bits per heavy atom. The molecule has 0 aliphatic rings. The minimum Gasteiger partial charge on any atom is -0.486 e. The van der Waals surface area contributed by atoms with E-state index < -0.39 is 79.2 Å². The lowest BCUT2D eigenvalue weighted by molar-refractivity contribution is -0.143. The van der Waals surface area contributed by atoms with Crippen molar-refractivity contribution in [1.82, 2.24) is 21.3 Å². The molecular weight excluding hydrogens is 574 g/mol. The van der Waals surface area contributed by atoms with Crippen molar-refractivity contribution in [2.45, 2.75) is 51.9 Å². The normalized spacial score (nSPS) is 12.6. The molecule has 14 nitrogen and oxygen atoms in total. The number of anilines is 1. The molecule has 0 saturated heterocycles. The summed E-state index contributed by atoms with van der Waals surface area (Å²) in [5.74, 6) is -3.37. The number of rotatable bonds is 16. The lowest BCUT2D eigenvalue weighted by Gasteiger charge is -2.25. The molecule has 0 spiro atoms. The third-order valence-electron chi connectivity index (χ3n) is 6.19. The fourth-order valence-corrected chi connectivity index (χ4v) is 3.66. The van der Waals surface area contributed by atoms with Crippen LogP contribution in [0, 0.1) is 5.92 Å². The summed E-state index contributed by atoms with van der Waals surface area (Å²) < 4.78 is 15.1. The zero-order valence-electron chi connectivity index (χ0n) is 25.1. The number of hydrogen-bond donors (Lipinski definition) is 5. The van der Waals surface area contributed by atoms with E-state index in [0.29, 0.717) is 17.0 Å². The van der Waals surface area contributed by atoms with Crippen LogP contribution in [0.5, 0.6) is 5.75 Å². The first-order valence-electron chi connectivity index (χ1n) is 13.8. The summed E-state index contributed by atoms with van der Waals surface area (Å²) in [6, 6.07) is 11.7. The van der Waals surface area contributed by atoms with Crippen LogP contribution in [0.4, 0.5) is 10.5 Å². The van der Waals surface area contributed by atoms with Crippen LogP contribution in [-0.4, -0.2) is 74.0 Å². The van der Waals surface area contributed by atoms with E-state index in [1.54, 1.807) is 68.4 Å². The first kappa shape index (κ1) is 35.1. The topological polar surface area (TPSA) is 204 Å². The average molecular weight is 614 g/mol. The van der Waals surface area contributed by atoms with Crippen LogP contribution in [0.25, 0.3) is 0 Å². The van der Waals surface area contributed by atoms with E-state index in [4.69, 9.17) is 15.2 Å². The Balaban J connectivity index is 1.88. The molecule has 0 aliphatic heterocycles. The maximum atomic E-state index is 13.0. The van der Waals surface area contributed by atoms with Gasteiger partial charge in [0.2, 0.25) is 17.7 Å². The van der Waals surface area contributed by atoms with Gasteiger partial charge in [-0.15, -0.1) is 0 Å². The maximum Gasteiger partial charge on any atom is 0.407 e. The summed E-state index contributed by atoms with van der Waals surface area (Å²) in [5.41, 5.74) is 6.89. The van der Waals surface area contributed by atoms with Crippen molar-refractivity contribution in [2.75, 3.05) is 26.0 Å². The fraction of sp³-hybridized carbons (Fsp3) is 0.400. The molecule has 44 heavy (non-hydrogen) atoms. The summed E-state index contributed by atoms with van der Waals surface area (Å²) >= 11 is 0. The third-order valence-corrected chi connectivity index (χ3v) is 6.19. The molecule has 0 radical (unpaired) electrons. The molecule has 0 fully saturated rings. The molecule has 0 aliphatic carbocycles. The van der Waals surface area contributed by atoms with Crippen LogP contribution in [0.3, 0.4) is 0 Å². The molecule has 2 aromatic carbocycles. The molecule has 2 aromatic rings.